The van der Waals surface area contributed by atoms with Crippen LogP contribution in [0.4, 0.5) is 5.82 Å². The molecule has 0 aliphatic heterocycles. The highest BCUT2D eigenvalue weighted by molar-refractivity contribution is 6.00. The summed E-state index contributed by atoms with van der Waals surface area (Å²) in [4.78, 5) is 39.5. The molecule has 0 aliphatic carbocycles. The second-order valence-electron chi connectivity index (χ2n) is 6.16. The molecule has 0 bridgehead atoms. The van der Waals surface area contributed by atoms with E-state index in [0.717, 1.165) is 19.3 Å². The Kier molecular flexibility index (Phi) is 5.75. The summed E-state index contributed by atoms with van der Waals surface area (Å²) < 4.78 is 5.26. The average Bonchev–Trinajstić information content (AvgIpc) is 3.16. The van der Waals surface area contributed by atoms with Gasteiger partial charge in [0.2, 0.25) is 0 Å². The Morgan fingerprint density at radius 1 is 1.19 bits per heavy atom. The Morgan fingerprint density at radius 2 is 1.96 bits per heavy atom. The molecule has 1 unspecified atom stereocenters. The molecule has 2 heterocycles. The number of carbonyl (C=O) groups is 2. The average molecular weight is 367 g/mol. The van der Waals surface area contributed by atoms with Crippen LogP contribution in [0, 0.1) is 0 Å². The summed E-state index contributed by atoms with van der Waals surface area (Å²) in [6.45, 7) is 3.64. The molecule has 0 spiro atoms. The van der Waals surface area contributed by atoms with Crippen LogP contribution in [0.25, 0.3) is 11.2 Å². The van der Waals surface area contributed by atoms with Gasteiger partial charge in [-0.05, 0) is 37.5 Å². The molecule has 1 amide bonds. The molecule has 0 aliphatic rings. The van der Waals surface area contributed by atoms with E-state index in [4.69, 9.17) is 4.74 Å². The second-order valence-corrected chi connectivity index (χ2v) is 6.16. The number of H-pyrrole nitrogens is 1. The maximum atomic E-state index is 12.3. The fourth-order valence-electron chi connectivity index (χ4n) is 2.55. The summed E-state index contributed by atoms with van der Waals surface area (Å²) in [5.41, 5.74) is 2.53. The minimum absolute atomic E-state index is 0.283. The molecule has 3 rings (SSSR count). The number of unbranched alkanes of at least 4 members (excludes halogenated alkanes) is 1. The molecule has 27 heavy (non-hydrogen) atoms. The first kappa shape index (κ1) is 18.5. The number of aryl methyl sites for hydroxylation is 1. The van der Waals surface area contributed by atoms with Crippen LogP contribution < -0.4 is 5.32 Å². The molecule has 0 radical (unpaired) electrons. The van der Waals surface area contributed by atoms with Gasteiger partial charge in [-0.2, -0.15) is 0 Å². The Balaban J connectivity index is 1.60. The number of nitrogens with one attached hydrogen (secondary N) is 2. The number of fused-ring (bicyclic) bond motifs is 1. The predicted molar refractivity (Wildman–Crippen MR) is 100 cm³/mol. The van der Waals surface area contributed by atoms with E-state index in [1.54, 1.807) is 12.1 Å². The van der Waals surface area contributed by atoms with Crippen molar-refractivity contribution in [3.05, 3.63) is 48.0 Å². The van der Waals surface area contributed by atoms with Crippen LogP contribution in [0.3, 0.4) is 0 Å². The highest BCUT2D eigenvalue weighted by Gasteiger charge is 2.20. The molecular weight excluding hydrogens is 346 g/mol. The van der Waals surface area contributed by atoms with E-state index in [-0.39, 0.29) is 5.82 Å². The van der Waals surface area contributed by atoms with Crippen molar-refractivity contribution < 1.29 is 14.3 Å². The monoisotopic (exact) mass is 367 g/mol. The third kappa shape index (κ3) is 4.46. The summed E-state index contributed by atoms with van der Waals surface area (Å²) in [5.74, 6) is -0.753. The lowest BCUT2D eigenvalue weighted by Crippen LogP contribution is -2.30. The van der Waals surface area contributed by atoms with Crippen LogP contribution in [0.15, 0.2) is 36.9 Å². The van der Waals surface area contributed by atoms with Gasteiger partial charge in [-0.25, -0.2) is 19.7 Å². The standard InChI is InChI=1S/C19H21N5O3/c1-3-4-5-13-6-8-14(9-7-13)19(26)27-12(2)18(25)24-17-15-16(21-10-20-15)22-11-23-17/h6-12H,3-5H2,1-2H3,(H2,20,21,22,23,24,25). The number of rotatable bonds is 7. The number of benzene rings is 1. The smallest absolute Gasteiger partial charge is 0.338 e. The van der Waals surface area contributed by atoms with Crippen molar-refractivity contribution >= 4 is 28.9 Å². The third-order valence-corrected chi connectivity index (χ3v) is 4.13. The fourth-order valence-corrected chi connectivity index (χ4v) is 2.55. The van der Waals surface area contributed by atoms with Crippen molar-refractivity contribution in [3.8, 4) is 0 Å². The molecule has 2 aromatic heterocycles. The maximum Gasteiger partial charge on any atom is 0.338 e. The minimum Gasteiger partial charge on any atom is -0.449 e. The van der Waals surface area contributed by atoms with Gasteiger partial charge >= 0.3 is 5.97 Å². The first-order valence-corrected chi connectivity index (χ1v) is 8.83. The van der Waals surface area contributed by atoms with E-state index in [2.05, 4.69) is 32.2 Å². The minimum atomic E-state index is -0.981. The molecular formula is C19H21N5O3. The lowest BCUT2D eigenvalue weighted by molar-refractivity contribution is -0.123. The predicted octanol–water partition coefficient (Wildman–Crippen LogP) is 2.88. The fraction of sp³-hybridized carbons (Fsp3) is 0.316. The van der Waals surface area contributed by atoms with Gasteiger partial charge in [0.25, 0.3) is 5.91 Å². The number of aromatic nitrogens is 4. The topological polar surface area (TPSA) is 110 Å². The Hall–Kier alpha value is -3.29. The van der Waals surface area contributed by atoms with Crippen LogP contribution in [0.1, 0.15) is 42.6 Å². The van der Waals surface area contributed by atoms with Crippen LogP contribution in [-0.4, -0.2) is 37.9 Å². The zero-order valence-electron chi connectivity index (χ0n) is 15.2. The number of anilines is 1. The summed E-state index contributed by atoms with van der Waals surface area (Å²) in [6.07, 6.45) is 4.98. The lowest BCUT2D eigenvalue weighted by Gasteiger charge is -2.13. The molecule has 8 nitrogen and oxygen atoms in total. The molecule has 3 aromatic rings. The Morgan fingerprint density at radius 3 is 2.70 bits per heavy atom. The summed E-state index contributed by atoms with van der Waals surface area (Å²) in [6, 6.07) is 7.26. The van der Waals surface area contributed by atoms with Crippen molar-refractivity contribution in [2.75, 3.05) is 5.32 Å². The number of imidazole rings is 1. The van der Waals surface area contributed by atoms with Crippen LogP contribution in [-0.2, 0) is 16.0 Å². The van der Waals surface area contributed by atoms with Crippen molar-refractivity contribution in [2.45, 2.75) is 39.2 Å². The highest BCUT2D eigenvalue weighted by atomic mass is 16.5. The van der Waals surface area contributed by atoms with Gasteiger partial charge in [0.15, 0.2) is 17.6 Å². The van der Waals surface area contributed by atoms with Crippen molar-refractivity contribution in [3.63, 3.8) is 0 Å². The van der Waals surface area contributed by atoms with E-state index >= 15 is 0 Å². The molecule has 1 atom stereocenters. The van der Waals surface area contributed by atoms with Crippen molar-refractivity contribution in [2.24, 2.45) is 0 Å². The Bertz CT molecular complexity index is 936. The van der Waals surface area contributed by atoms with Gasteiger partial charge in [0, 0.05) is 0 Å². The van der Waals surface area contributed by atoms with Gasteiger partial charge in [-0.3, -0.25) is 4.79 Å². The molecule has 140 valence electrons. The number of carbonyl (C=O) groups excluding carboxylic acids is 2. The first-order valence-electron chi connectivity index (χ1n) is 8.83. The Labute approximate surface area is 156 Å². The zero-order valence-corrected chi connectivity index (χ0v) is 15.2. The third-order valence-electron chi connectivity index (χ3n) is 4.13. The van der Waals surface area contributed by atoms with E-state index in [1.165, 1.54) is 25.1 Å². The highest BCUT2D eigenvalue weighted by Crippen LogP contribution is 2.15. The number of aromatic amines is 1. The number of hydrogen-bond acceptors (Lipinski definition) is 6. The van der Waals surface area contributed by atoms with Crippen LogP contribution >= 0.6 is 0 Å². The lowest BCUT2D eigenvalue weighted by atomic mass is 10.1. The van der Waals surface area contributed by atoms with Gasteiger partial charge in [0.05, 0.1) is 11.9 Å². The van der Waals surface area contributed by atoms with Gasteiger partial charge in [-0.15, -0.1) is 0 Å². The number of nitrogens with zero attached hydrogens (tertiary/aromatic N) is 3. The van der Waals surface area contributed by atoms with E-state index in [1.807, 2.05) is 12.1 Å². The number of esters is 1. The summed E-state index contributed by atoms with van der Waals surface area (Å²) in [5, 5.41) is 2.62. The van der Waals surface area contributed by atoms with Crippen LogP contribution in [0.2, 0.25) is 0 Å². The molecule has 2 N–H and O–H groups in total. The van der Waals surface area contributed by atoms with E-state index in [0.29, 0.717) is 16.7 Å². The van der Waals surface area contributed by atoms with Crippen molar-refractivity contribution in [1.82, 2.24) is 19.9 Å². The molecule has 0 fully saturated rings. The number of ether oxygens (including phenoxy) is 1. The van der Waals surface area contributed by atoms with E-state index in [9.17, 15) is 9.59 Å². The quantitative estimate of drug-likeness (QED) is 0.621. The van der Waals surface area contributed by atoms with Gasteiger partial charge in [-0.1, -0.05) is 25.5 Å². The number of amides is 1. The van der Waals surface area contributed by atoms with Gasteiger partial charge < -0.3 is 15.0 Å². The normalized spacial score (nSPS) is 11.9. The number of hydrogen-bond donors (Lipinski definition) is 2. The SMILES string of the molecule is CCCCc1ccc(C(=O)OC(C)C(=O)Nc2ncnc3nc[nH]c23)cc1. The molecule has 0 saturated carbocycles. The molecule has 8 heteroatoms. The maximum absolute atomic E-state index is 12.3. The largest absolute Gasteiger partial charge is 0.449 e. The van der Waals surface area contributed by atoms with Crippen molar-refractivity contribution in [1.29, 1.82) is 0 Å². The first-order chi connectivity index (χ1) is 13.1. The molecule has 1 aromatic carbocycles. The van der Waals surface area contributed by atoms with Crippen LogP contribution in [0.5, 0.6) is 0 Å². The zero-order chi connectivity index (χ0) is 19.2. The second kappa shape index (κ2) is 8.39. The van der Waals surface area contributed by atoms with E-state index < -0.39 is 18.0 Å². The summed E-state index contributed by atoms with van der Waals surface area (Å²) in [7, 11) is 0. The van der Waals surface area contributed by atoms with Gasteiger partial charge in [0.1, 0.15) is 11.8 Å². The molecule has 0 saturated heterocycles. The summed E-state index contributed by atoms with van der Waals surface area (Å²) >= 11 is 0.